The lowest BCUT2D eigenvalue weighted by Crippen LogP contribution is -2.40. The van der Waals surface area contributed by atoms with Crippen LogP contribution in [0.3, 0.4) is 0 Å². The molecule has 6 nitrogen and oxygen atoms in total. The number of carboxylic acid groups (broad SMARTS) is 1. The average Bonchev–Trinajstić information content (AvgIpc) is 2.46. The first-order chi connectivity index (χ1) is 9.94. The second-order valence-corrected chi connectivity index (χ2v) is 5.14. The topological polar surface area (TPSA) is 84.9 Å². The Labute approximate surface area is 131 Å². The van der Waals surface area contributed by atoms with Crippen LogP contribution >= 0.6 is 15.9 Å². The molecule has 1 amide bonds. The van der Waals surface area contributed by atoms with Gasteiger partial charge in [0.05, 0.1) is 14.2 Å². The van der Waals surface area contributed by atoms with Gasteiger partial charge in [0.2, 0.25) is 0 Å². The van der Waals surface area contributed by atoms with E-state index in [-0.39, 0.29) is 5.56 Å². The molecule has 0 radical (unpaired) electrons. The Kier molecular flexibility index (Phi) is 6.48. The fourth-order valence-electron chi connectivity index (χ4n) is 1.79. The van der Waals surface area contributed by atoms with Crippen molar-refractivity contribution in [3.8, 4) is 11.5 Å². The van der Waals surface area contributed by atoms with Crippen LogP contribution in [0.2, 0.25) is 0 Å². The standard InChI is InChI=1S/C14H18BrNO5/c1-4-5-9(14(18)19)16-13(17)8-6-10(20-2)12(15)11(7-8)21-3/h6-7,9H,4-5H2,1-3H3,(H,16,17)(H,18,19)/t9-/m0/s1. The number of methoxy groups -OCH3 is 2. The third kappa shape index (κ3) is 4.35. The van der Waals surface area contributed by atoms with Gasteiger partial charge < -0.3 is 19.9 Å². The van der Waals surface area contributed by atoms with Gasteiger partial charge in [-0.2, -0.15) is 0 Å². The summed E-state index contributed by atoms with van der Waals surface area (Å²) in [7, 11) is 2.94. The van der Waals surface area contributed by atoms with E-state index >= 15 is 0 Å². The number of carbonyl (C=O) groups excluding carboxylic acids is 1. The molecular weight excluding hydrogens is 342 g/mol. The zero-order chi connectivity index (χ0) is 16.0. The quantitative estimate of drug-likeness (QED) is 0.780. The fraction of sp³-hybridized carbons (Fsp3) is 0.429. The first-order valence-corrected chi connectivity index (χ1v) is 7.19. The summed E-state index contributed by atoms with van der Waals surface area (Å²) in [6.45, 7) is 1.85. The molecule has 0 heterocycles. The number of benzene rings is 1. The summed E-state index contributed by atoms with van der Waals surface area (Å²) in [6, 6.07) is 2.13. The molecule has 0 aliphatic heterocycles. The van der Waals surface area contributed by atoms with E-state index in [2.05, 4.69) is 21.2 Å². The van der Waals surface area contributed by atoms with Crippen molar-refractivity contribution in [3.05, 3.63) is 22.2 Å². The Morgan fingerprint density at radius 3 is 2.19 bits per heavy atom. The first-order valence-electron chi connectivity index (χ1n) is 6.39. The maximum Gasteiger partial charge on any atom is 0.326 e. The van der Waals surface area contributed by atoms with Crippen LogP contribution in [0, 0.1) is 0 Å². The molecule has 0 unspecified atom stereocenters. The number of amides is 1. The maximum absolute atomic E-state index is 12.2. The number of halogens is 1. The number of aliphatic carboxylic acids is 1. The number of carboxylic acids is 1. The molecule has 0 aromatic heterocycles. The van der Waals surface area contributed by atoms with Gasteiger partial charge in [0.1, 0.15) is 22.0 Å². The van der Waals surface area contributed by atoms with Gasteiger partial charge in [0.25, 0.3) is 5.91 Å². The Morgan fingerprint density at radius 2 is 1.81 bits per heavy atom. The van der Waals surface area contributed by atoms with Crippen molar-refractivity contribution in [2.75, 3.05) is 14.2 Å². The highest BCUT2D eigenvalue weighted by Gasteiger charge is 2.21. The van der Waals surface area contributed by atoms with E-state index in [9.17, 15) is 9.59 Å². The zero-order valence-electron chi connectivity index (χ0n) is 12.1. The zero-order valence-corrected chi connectivity index (χ0v) is 13.7. The van der Waals surface area contributed by atoms with Crippen LogP contribution in [-0.4, -0.2) is 37.2 Å². The van der Waals surface area contributed by atoms with Crippen LogP contribution in [0.5, 0.6) is 11.5 Å². The number of hydrogen-bond donors (Lipinski definition) is 2. The van der Waals surface area contributed by atoms with E-state index < -0.39 is 17.9 Å². The Hall–Kier alpha value is -1.76. The Balaban J connectivity index is 3.04. The number of nitrogens with one attached hydrogen (secondary N) is 1. The van der Waals surface area contributed by atoms with Crippen LogP contribution in [-0.2, 0) is 4.79 Å². The summed E-state index contributed by atoms with van der Waals surface area (Å²) < 4.78 is 10.9. The van der Waals surface area contributed by atoms with E-state index in [1.54, 1.807) is 0 Å². The van der Waals surface area contributed by atoms with E-state index in [0.717, 1.165) is 0 Å². The minimum Gasteiger partial charge on any atom is -0.495 e. The molecular formula is C14H18BrNO5. The van der Waals surface area contributed by atoms with Crippen molar-refractivity contribution in [2.45, 2.75) is 25.8 Å². The molecule has 1 rings (SSSR count). The van der Waals surface area contributed by atoms with Gasteiger partial charge in [0.15, 0.2) is 0 Å². The normalized spacial score (nSPS) is 11.6. The molecule has 116 valence electrons. The Morgan fingerprint density at radius 1 is 1.29 bits per heavy atom. The number of carbonyl (C=O) groups is 2. The molecule has 0 fully saturated rings. The predicted molar refractivity (Wildman–Crippen MR) is 81.0 cm³/mol. The van der Waals surface area contributed by atoms with Gasteiger partial charge in [-0.3, -0.25) is 4.79 Å². The number of hydrogen-bond acceptors (Lipinski definition) is 4. The highest BCUT2D eigenvalue weighted by Crippen LogP contribution is 2.35. The molecule has 0 saturated carbocycles. The van der Waals surface area contributed by atoms with Crippen LogP contribution in [0.15, 0.2) is 16.6 Å². The van der Waals surface area contributed by atoms with Gasteiger partial charge in [-0.05, 0) is 34.5 Å². The SMILES string of the molecule is CCC[C@H](NC(=O)c1cc(OC)c(Br)c(OC)c1)C(=O)O. The minimum absolute atomic E-state index is 0.272. The molecule has 0 saturated heterocycles. The number of rotatable bonds is 7. The lowest BCUT2D eigenvalue weighted by Gasteiger charge is -2.15. The molecule has 0 bridgehead atoms. The Bertz CT molecular complexity index is 507. The first kappa shape index (κ1) is 17.3. The minimum atomic E-state index is -1.05. The third-order valence-electron chi connectivity index (χ3n) is 2.89. The van der Waals surface area contributed by atoms with Crippen molar-refractivity contribution in [1.29, 1.82) is 0 Å². The van der Waals surface area contributed by atoms with Crippen LogP contribution < -0.4 is 14.8 Å². The van der Waals surface area contributed by atoms with Gasteiger partial charge in [-0.25, -0.2) is 4.79 Å². The van der Waals surface area contributed by atoms with Crippen LogP contribution in [0.25, 0.3) is 0 Å². The molecule has 21 heavy (non-hydrogen) atoms. The van der Waals surface area contributed by atoms with Crippen molar-refractivity contribution in [1.82, 2.24) is 5.32 Å². The molecule has 2 N–H and O–H groups in total. The summed E-state index contributed by atoms with van der Waals surface area (Å²) in [5, 5.41) is 11.6. The predicted octanol–water partition coefficient (Wildman–Crippen LogP) is 2.45. The fourth-order valence-corrected chi connectivity index (χ4v) is 2.34. The van der Waals surface area contributed by atoms with Gasteiger partial charge in [-0.15, -0.1) is 0 Å². The summed E-state index contributed by atoms with van der Waals surface area (Å²) in [4.78, 5) is 23.3. The van der Waals surface area contributed by atoms with E-state index in [1.807, 2.05) is 6.92 Å². The lowest BCUT2D eigenvalue weighted by molar-refractivity contribution is -0.139. The summed E-state index contributed by atoms with van der Waals surface area (Å²) in [6.07, 6.45) is 1.02. The molecule has 1 aromatic rings. The summed E-state index contributed by atoms with van der Waals surface area (Å²) >= 11 is 3.31. The van der Waals surface area contributed by atoms with Gasteiger partial charge in [-0.1, -0.05) is 13.3 Å². The second kappa shape index (κ2) is 7.87. The largest absolute Gasteiger partial charge is 0.495 e. The van der Waals surface area contributed by atoms with E-state index in [4.69, 9.17) is 14.6 Å². The van der Waals surface area contributed by atoms with Crippen molar-refractivity contribution in [3.63, 3.8) is 0 Å². The van der Waals surface area contributed by atoms with Crippen molar-refractivity contribution >= 4 is 27.8 Å². The number of ether oxygens (including phenoxy) is 2. The van der Waals surface area contributed by atoms with E-state index in [0.29, 0.717) is 28.8 Å². The molecule has 7 heteroatoms. The van der Waals surface area contributed by atoms with E-state index in [1.165, 1.54) is 26.4 Å². The molecule has 1 aromatic carbocycles. The highest BCUT2D eigenvalue weighted by molar-refractivity contribution is 9.10. The smallest absolute Gasteiger partial charge is 0.326 e. The van der Waals surface area contributed by atoms with Gasteiger partial charge >= 0.3 is 5.97 Å². The molecule has 0 aliphatic rings. The molecule has 0 aliphatic carbocycles. The van der Waals surface area contributed by atoms with Crippen LogP contribution in [0.1, 0.15) is 30.1 Å². The second-order valence-electron chi connectivity index (χ2n) is 4.35. The molecule has 1 atom stereocenters. The third-order valence-corrected chi connectivity index (χ3v) is 3.67. The van der Waals surface area contributed by atoms with Crippen LogP contribution in [0.4, 0.5) is 0 Å². The monoisotopic (exact) mass is 359 g/mol. The summed E-state index contributed by atoms with van der Waals surface area (Å²) in [5.41, 5.74) is 0.272. The van der Waals surface area contributed by atoms with Crippen molar-refractivity contribution in [2.24, 2.45) is 0 Å². The summed E-state index contributed by atoms with van der Waals surface area (Å²) in [5.74, 6) is -0.676. The average molecular weight is 360 g/mol. The van der Waals surface area contributed by atoms with Crippen molar-refractivity contribution < 1.29 is 24.2 Å². The van der Waals surface area contributed by atoms with Gasteiger partial charge in [0, 0.05) is 5.56 Å². The molecule has 0 spiro atoms. The maximum atomic E-state index is 12.2. The lowest BCUT2D eigenvalue weighted by atomic mass is 10.1. The highest BCUT2D eigenvalue weighted by atomic mass is 79.9.